The lowest BCUT2D eigenvalue weighted by Crippen LogP contribution is -2.47. The Bertz CT molecular complexity index is 489. The Morgan fingerprint density at radius 2 is 1.90 bits per heavy atom. The normalized spacial score (nSPS) is 13.2. The highest BCUT2D eigenvalue weighted by molar-refractivity contribution is 5.91. The average Bonchev–Trinajstić information content (AvgIpc) is 2.39. The van der Waals surface area contributed by atoms with Crippen molar-refractivity contribution in [2.24, 2.45) is 5.73 Å². The molecule has 4 N–H and O–H groups in total. The lowest BCUT2D eigenvalue weighted by molar-refractivity contribution is -0.141. The van der Waals surface area contributed by atoms with Crippen LogP contribution in [-0.2, 0) is 19.1 Å². The van der Waals surface area contributed by atoms with Crippen LogP contribution in [0.15, 0.2) is 30.3 Å². The third kappa shape index (κ3) is 4.36. The predicted molar refractivity (Wildman–Crippen MR) is 69.6 cm³/mol. The van der Waals surface area contributed by atoms with Crippen molar-refractivity contribution >= 4 is 17.8 Å². The number of hydrogen-bond acceptors (Lipinski definition) is 4. The molecule has 7 heteroatoms. The highest BCUT2D eigenvalue weighted by atomic mass is 16.5. The number of aliphatic carboxylic acids is 1. The number of carbonyl (C=O) groups excluding carboxylic acids is 2. The lowest BCUT2D eigenvalue weighted by atomic mass is 10.1. The van der Waals surface area contributed by atoms with E-state index in [1.165, 1.54) is 7.11 Å². The fourth-order valence-corrected chi connectivity index (χ4v) is 1.67. The van der Waals surface area contributed by atoms with Gasteiger partial charge >= 0.3 is 5.97 Å². The molecule has 0 heterocycles. The number of nitrogens with two attached hydrogens (primary N) is 1. The summed E-state index contributed by atoms with van der Waals surface area (Å²) in [6, 6.07) is 7.34. The standard InChI is InChI=1S/C13H16N2O5/c1-20-11(8-5-3-2-4-6-8)13(19)15-9(12(14)18)7-10(16)17/h2-6,9,11H,7H2,1H3,(H2,14,18)(H,15,19)(H,16,17)/t9-,11+/m1/s1. The first-order chi connectivity index (χ1) is 9.45. The summed E-state index contributed by atoms with van der Waals surface area (Å²) in [6.07, 6.45) is -1.52. The molecule has 0 aliphatic heterocycles. The van der Waals surface area contributed by atoms with Crippen LogP contribution in [0.4, 0.5) is 0 Å². The number of primary amides is 1. The van der Waals surface area contributed by atoms with E-state index in [1.54, 1.807) is 30.3 Å². The molecule has 1 aromatic rings. The van der Waals surface area contributed by atoms with Crippen molar-refractivity contribution in [1.29, 1.82) is 0 Å². The number of rotatable bonds is 7. The van der Waals surface area contributed by atoms with Crippen molar-refractivity contribution in [3.8, 4) is 0 Å². The minimum atomic E-state index is -1.28. The number of amides is 2. The predicted octanol–water partition coefficient (Wildman–Crippen LogP) is -0.181. The Morgan fingerprint density at radius 1 is 1.30 bits per heavy atom. The Hall–Kier alpha value is -2.41. The second-order valence-corrected chi connectivity index (χ2v) is 4.09. The van der Waals surface area contributed by atoms with E-state index in [-0.39, 0.29) is 0 Å². The minimum Gasteiger partial charge on any atom is -0.481 e. The highest BCUT2D eigenvalue weighted by Crippen LogP contribution is 2.16. The Kier molecular flexibility index (Phi) is 5.67. The van der Waals surface area contributed by atoms with Crippen LogP contribution in [0.2, 0.25) is 0 Å². The van der Waals surface area contributed by atoms with Gasteiger partial charge in [0.25, 0.3) is 5.91 Å². The zero-order chi connectivity index (χ0) is 15.1. The number of carbonyl (C=O) groups is 3. The van der Waals surface area contributed by atoms with Crippen molar-refractivity contribution in [1.82, 2.24) is 5.32 Å². The first kappa shape index (κ1) is 15.6. The molecule has 0 aromatic heterocycles. The second-order valence-electron chi connectivity index (χ2n) is 4.09. The molecule has 0 fully saturated rings. The molecule has 0 radical (unpaired) electrons. The van der Waals surface area contributed by atoms with Crippen LogP contribution >= 0.6 is 0 Å². The van der Waals surface area contributed by atoms with Crippen LogP contribution in [0.5, 0.6) is 0 Å². The van der Waals surface area contributed by atoms with Crippen molar-refractivity contribution in [2.75, 3.05) is 7.11 Å². The number of hydrogen-bond donors (Lipinski definition) is 3. The Balaban J connectivity index is 2.81. The number of methoxy groups -OCH3 is 1. The molecule has 108 valence electrons. The van der Waals surface area contributed by atoms with Crippen LogP contribution in [0.1, 0.15) is 18.1 Å². The summed E-state index contributed by atoms with van der Waals surface area (Å²) >= 11 is 0. The van der Waals surface area contributed by atoms with E-state index < -0.39 is 36.4 Å². The van der Waals surface area contributed by atoms with Gasteiger partial charge in [-0.1, -0.05) is 30.3 Å². The summed E-state index contributed by atoms with van der Waals surface area (Å²) in [5.41, 5.74) is 5.64. The molecule has 2 amide bonds. The van der Waals surface area contributed by atoms with Crippen molar-refractivity contribution < 1.29 is 24.2 Å². The fourth-order valence-electron chi connectivity index (χ4n) is 1.67. The van der Waals surface area contributed by atoms with Gasteiger partial charge in [0.1, 0.15) is 6.04 Å². The molecule has 20 heavy (non-hydrogen) atoms. The maximum atomic E-state index is 12.0. The Morgan fingerprint density at radius 3 is 2.35 bits per heavy atom. The molecule has 0 saturated carbocycles. The summed E-state index contributed by atoms with van der Waals surface area (Å²) in [5, 5.41) is 10.9. The number of nitrogens with one attached hydrogen (secondary N) is 1. The van der Waals surface area contributed by atoms with E-state index in [9.17, 15) is 14.4 Å². The van der Waals surface area contributed by atoms with Gasteiger partial charge < -0.3 is 20.9 Å². The molecular formula is C13H16N2O5. The molecule has 0 aliphatic carbocycles. The van der Waals surface area contributed by atoms with Gasteiger partial charge in [0.2, 0.25) is 5.91 Å². The van der Waals surface area contributed by atoms with E-state index in [0.717, 1.165) is 0 Å². The lowest BCUT2D eigenvalue weighted by Gasteiger charge is -2.19. The van der Waals surface area contributed by atoms with Gasteiger partial charge in [0.05, 0.1) is 6.42 Å². The summed E-state index contributed by atoms with van der Waals surface area (Å²) in [5.74, 6) is -2.77. The van der Waals surface area contributed by atoms with Gasteiger partial charge in [-0.2, -0.15) is 0 Å². The first-order valence-electron chi connectivity index (χ1n) is 5.85. The van der Waals surface area contributed by atoms with Gasteiger partial charge in [-0.3, -0.25) is 14.4 Å². The maximum absolute atomic E-state index is 12.0. The third-order valence-electron chi connectivity index (χ3n) is 2.61. The van der Waals surface area contributed by atoms with E-state index in [1.807, 2.05) is 0 Å². The number of ether oxygens (including phenoxy) is 1. The summed E-state index contributed by atoms with van der Waals surface area (Å²) in [6.45, 7) is 0. The average molecular weight is 280 g/mol. The monoisotopic (exact) mass is 280 g/mol. The van der Waals surface area contributed by atoms with Gasteiger partial charge in [-0.05, 0) is 5.56 Å². The second kappa shape index (κ2) is 7.25. The molecule has 0 spiro atoms. The molecule has 1 rings (SSSR count). The summed E-state index contributed by atoms with van der Waals surface area (Å²) < 4.78 is 5.07. The van der Waals surface area contributed by atoms with Gasteiger partial charge in [0.15, 0.2) is 6.10 Å². The smallest absolute Gasteiger partial charge is 0.305 e. The molecule has 1 aromatic carbocycles. The first-order valence-corrected chi connectivity index (χ1v) is 5.85. The quantitative estimate of drug-likeness (QED) is 0.640. The molecular weight excluding hydrogens is 264 g/mol. The Labute approximate surface area is 115 Å². The van der Waals surface area contributed by atoms with Crippen molar-refractivity contribution in [3.63, 3.8) is 0 Å². The topological polar surface area (TPSA) is 119 Å². The van der Waals surface area contributed by atoms with E-state index in [4.69, 9.17) is 15.6 Å². The van der Waals surface area contributed by atoms with Gasteiger partial charge in [-0.15, -0.1) is 0 Å². The third-order valence-corrected chi connectivity index (χ3v) is 2.61. The van der Waals surface area contributed by atoms with Crippen LogP contribution in [0.3, 0.4) is 0 Å². The van der Waals surface area contributed by atoms with E-state index in [2.05, 4.69) is 5.32 Å². The number of carboxylic acid groups (broad SMARTS) is 1. The van der Waals surface area contributed by atoms with E-state index >= 15 is 0 Å². The molecule has 0 bridgehead atoms. The zero-order valence-corrected chi connectivity index (χ0v) is 10.9. The molecule has 7 nitrogen and oxygen atoms in total. The molecule has 0 saturated heterocycles. The fraction of sp³-hybridized carbons (Fsp3) is 0.308. The molecule has 0 aliphatic rings. The number of carboxylic acids is 1. The van der Waals surface area contributed by atoms with Crippen LogP contribution in [0.25, 0.3) is 0 Å². The van der Waals surface area contributed by atoms with Crippen LogP contribution < -0.4 is 11.1 Å². The zero-order valence-electron chi connectivity index (χ0n) is 10.9. The summed E-state index contributed by atoms with van der Waals surface area (Å²) in [4.78, 5) is 33.8. The largest absolute Gasteiger partial charge is 0.481 e. The van der Waals surface area contributed by atoms with Crippen molar-refractivity contribution in [3.05, 3.63) is 35.9 Å². The van der Waals surface area contributed by atoms with Crippen LogP contribution in [0, 0.1) is 0 Å². The van der Waals surface area contributed by atoms with E-state index in [0.29, 0.717) is 5.56 Å². The molecule has 0 unspecified atom stereocenters. The maximum Gasteiger partial charge on any atom is 0.305 e. The van der Waals surface area contributed by atoms with Crippen LogP contribution in [-0.4, -0.2) is 36.0 Å². The minimum absolute atomic E-state index is 0.577. The highest BCUT2D eigenvalue weighted by Gasteiger charge is 2.26. The van der Waals surface area contributed by atoms with Gasteiger partial charge in [-0.25, -0.2) is 0 Å². The van der Waals surface area contributed by atoms with Gasteiger partial charge in [0, 0.05) is 7.11 Å². The van der Waals surface area contributed by atoms with Crippen molar-refractivity contribution in [2.45, 2.75) is 18.6 Å². The molecule has 2 atom stereocenters. The number of benzene rings is 1. The summed E-state index contributed by atoms with van der Waals surface area (Å²) in [7, 11) is 1.34. The SMILES string of the molecule is CO[C@H](C(=O)N[C@H](CC(=O)O)C(N)=O)c1ccccc1.